The van der Waals surface area contributed by atoms with Crippen molar-refractivity contribution >= 4 is 27.8 Å². The second-order valence-electron chi connectivity index (χ2n) is 9.03. The van der Waals surface area contributed by atoms with Crippen LogP contribution in [-0.4, -0.2) is 39.1 Å². The van der Waals surface area contributed by atoms with Crippen molar-refractivity contribution in [2.75, 3.05) is 13.2 Å². The zero-order valence-corrected chi connectivity index (χ0v) is 17.6. The van der Waals surface area contributed by atoms with E-state index in [1.54, 1.807) is 0 Å². The summed E-state index contributed by atoms with van der Waals surface area (Å²) >= 11 is 0. The van der Waals surface area contributed by atoms with Gasteiger partial charge in [-0.3, -0.25) is 9.89 Å². The fraction of sp³-hybridized carbons (Fsp3) is 0.360. The van der Waals surface area contributed by atoms with Crippen LogP contribution in [0.25, 0.3) is 27.5 Å². The van der Waals surface area contributed by atoms with Crippen LogP contribution in [0.1, 0.15) is 48.8 Å². The van der Waals surface area contributed by atoms with Gasteiger partial charge in [-0.15, -0.1) is 0 Å². The Bertz CT molecular complexity index is 1310. The van der Waals surface area contributed by atoms with Crippen molar-refractivity contribution in [1.29, 1.82) is 0 Å². The van der Waals surface area contributed by atoms with E-state index in [1.807, 2.05) is 18.3 Å². The molecule has 7 heteroatoms. The maximum atomic E-state index is 13.8. The van der Waals surface area contributed by atoms with Crippen molar-refractivity contribution < 1.29 is 19.0 Å². The minimum atomic E-state index is -0.716. The predicted molar refractivity (Wildman–Crippen MR) is 119 cm³/mol. The summed E-state index contributed by atoms with van der Waals surface area (Å²) in [5, 5.41) is 18.9. The van der Waals surface area contributed by atoms with E-state index < -0.39 is 5.97 Å². The quantitative estimate of drug-likeness (QED) is 0.468. The monoisotopic (exact) mass is 433 g/mol. The molecule has 0 radical (unpaired) electrons. The topological polar surface area (TPSA) is 80.1 Å². The summed E-state index contributed by atoms with van der Waals surface area (Å²) in [5.41, 5.74) is 5.40. The summed E-state index contributed by atoms with van der Waals surface area (Å²) in [7, 11) is 0. The van der Waals surface area contributed by atoms with Gasteiger partial charge >= 0.3 is 5.97 Å². The summed E-state index contributed by atoms with van der Waals surface area (Å²) in [5.74, 6) is -0.775. The normalized spacial score (nSPS) is 21.8. The summed E-state index contributed by atoms with van der Waals surface area (Å²) in [4.78, 5) is 11.5. The molecule has 1 saturated heterocycles. The second-order valence-corrected chi connectivity index (χ2v) is 9.03. The number of halogens is 1. The molecule has 0 spiro atoms. The van der Waals surface area contributed by atoms with Crippen molar-refractivity contribution in [3.63, 3.8) is 0 Å². The molecule has 4 aromatic rings. The van der Waals surface area contributed by atoms with Crippen molar-refractivity contribution in [2.45, 2.75) is 37.5 Å². The number of hydrogen-bond donors (Lipinski definition) is 2. The maximum Gasteiger partial charge on any atom is 0.306 e. The van der Waals surface area contributed by atoms with Crippen LogP contribution in [-0.2, 0) is 9.53 Å². The highest BCUT2D eigenvalue weighted by molar-refractivity contribution is 5.99. The molecule has 6 rings (SSSR count). The van der Waals surface area contributed by atoms with E-state index in [0.717, 1.165) is 40.3 Å². The number of fused-ring (bicyclic) bond motifs is 2. The zero-order chi connectivity index (χ0) is 21.8. The Hall–Kier alpha value is -3.19. The molecular formula is C25H24FN3O3. The molecule has 2 fully saturated rings. The molecule has 0 amide bonds. The van der Waals surface area contributed by atoms with Gasteiger partial charge in [-0.2, -0.15) is 5.10 Å². The second kappa shape index (κ2) is 7.45. The van der Waals surface area contributed by atoms with Crippen LogP contribution < -0.4 is 0 Å². The van der Waals surface area contributed by atoms with Gasteiger partial charge in [-0.25, -0.2) is 4.39 Å². The SMILES string of the molecule is O=C(O)[C@H]1C[C@@H](c2c(C3CCOCC3)n(-c3ccc(F)cc3)c3cc4cn[nH]c4cc32)C1. The summed E-state index contributed by atoms with van der Waals surface area (Å²) in [6, 6.07) is 10.9. The van der Waals surface area contributed by atoms with Crippen molar-refractivity contribution in [1.82, 2.24) is 14.8 Å². The van der Waals surface area contributed by atoms with Gasteiger partial charge in [-0.05, 0) is 73.6 Å². The number of carbonyl (C=O) groups is 1. The van der Waals surface area contributed by atoms with Crippen LogP contribution in [0.5, 0.6) is 0 Å². The van der Waals surface area contributed by atoms with Gasteiger partial charge in [0.2, 0.25) is 0 Å². The Kier molecular flexibility index (Phi) is 4.54. The lowest BCUT2D eigenvalue weighted by Crippen LogP contribution is -2.30. The molecule has 2 N–H and O–H groups in total. The van der Waals surface area contributed by atoms with E-state index in [-0.39, 0.29) is 17.7 Å². The van der Waals surface area contributed by atoms with Crippen molar-refractivity contribution in [3.05, 3.63) is 59.7 Å². The molecule has 1 aliphatic heterocycles. The highest BCUT2D eigenvalue weighted by Crippen LogP contribution is 2.50. The fourth-order valence-electron chi connectivity index (χ4n) is 5.49. The van der Waals surface area contributed by atoms with Crippen LogP contribution in [0.15, 0.2) is 42.6 Å². The van der Waals surface area contributed by atoms with Gasteiger partial charge in [0.05, 0.1) is 23.1 Å². The molecule has 1 aliphatic carbocycles. The van der Waals surface area contributed by atoms with E-state index in [9.17, 15) is 14.3 Å². The lowest BCUT2D eigenvalue weighted by atomic mass is 9.69. The number of carboxylic acids is 1. The van der Waals surface area contributed by atoms with Crippen LogP contribution >= 0.6 is 0 Å². The molecule has 0 atom stereocenters. The van der Waals surface area contributed by atoms with Gasteiger partial charge in [-0.1, -0.05) is 0 Å². The summed E-state index contributed by atoms with van der Waals surface area (Å²) < 4.78 is 21.7. The zero-order valence-electron chi connectivity index (χ0n) is 17.6. The third-order valence-corrected chi connectivity index (χ3v) is 7.19. The van der Waals surface area contributed by atoms with Crippen LogP contribution in [0.3, 0.4) is 0 Å². The van der Waals surface area contributed by atoms with Gasteiger partial charge in [0.15, 0.2) is 0 Å². The number of nitrogens with one attached hydrogen (secondary N) is 1. The van der Waals surface area contributed by atoms with Crippen LogP contribution in [0, 0.1) is 11.7 Å². The third-order valence-electron chi connectivity index (χ3n) is 7.19. The fourth-order valence-corrected chi connectivity index (χ4v) is 5.49. The number of aliphatic carboxylic acids is 1. The van der Waals surface area contributed by atoms with E-state index in [4.69, 9.17) is 4.74 Å². The van der Waals surface area contributed by atoms with Crippen LogP contribution in [0.4, 0.5) is 4.39 Å². The molecule has 32 heavy (non-hydrogen) atoms. The highest BCUT2D eigenvalue weighted by atomic mass is 19.1. The molecule has 6 nitrogen and oxygen atoms in total. The first-order chi connectivity index (χ1) is 15.6. The third kappa shape index (κ3) is 3.03. The molecule has 0 bridgehead atoms. The van der Waals surface area contributed by atoms with Crippen molar-refractivity contribution in [3.8, 4) is 5.69 Å². The molecule has 3 heterocycles. The smallest absolute Gasteiger partial charge is 0.306 e. The summed E-state index contributed by atoms with van der Waals surface area (Å²) in [6.07, 6.45) is 4.94. The average molecular weight is 433 g/mol. The standard InChI is InChI=1S/C25H24FN3O3/c26-18-1-3-19(4-2-18)29-22-11-17-13-27-28-21(17)12-20(22)23(15-9-16(10-15)25(30)31)24(29)14-5-7-32-8-6-14/h1-4,11-16H,5-10H2,(H,27,28)(H,30,31)/t15-,16+. The van der Waals surface area contributed by atoms with E-state index in [2.05, 4.69) is 26.9 Å². The Labute approximate surface area is 184 Å². The lowest BCUT2D eigenvalue weighted by Gasteiger charge is -2.35. The van der Waals surface area contributed by atoms with E-state index >= 15 is 0 Å². The Morgan fingerprint density at radius 2 is 1.88 bits per heavy atom. The molecule has 2 aromatic carbocycles. The molecular weight excluding hydrogens is 409 g/mol. The van der Waals surface area contributed by atoms with Gasteiger partial charge < -0.3 is 14.4 Å². The Balaban J connectivity index is 1.63. The number of carboxylic acid groups (broad SMARTS) is 1. The molecule has 164 valence electrons. The number of aromatic nitrogens is 3. The maximum absolute atomic E-state index is 13.8. The summed E-state index contributed by atoms with van der Waals surface area (Å²) in [6.45, 7) is 1.42. The molecule has 1 saturated carbocycles. The number of hydrogen-bond acceptors (Lipinski definition) is 3. The van der Waals surface area contributed by atoms with E-state index in [0.29, 0.717) is 32.0 Å². The molecule has 0 unspecified atom stereocenters. The number of aromatic amines is 1. The Morgan fingerprint density at radius 1 is 1.12 bits per heavy atom. The number of H-pyrrole nitrogens is 1. The Morgan fingerprint density at radius 3 is 2.59 bits per heavy atom. The first-order valence-electron chi connectivity index (χ1n) is 11.2. The number of nitrogens with zero attached hydrogens (tertiary/aromatic N) is 2. The molecule has 2 aromatic heterocycles. The average Bonchev–Trinajstić information content (AvgIpc) is 3.34. The lowest BCUT2D eigenvalue weighted by molar-refractivity contribution is -0.145. The number of rotatable bonds is 4. The van der Waals surface area contributed by atoms with Gasteiger partial charge in [0.1, 0.15) is 5.82 Å². The first-order valence-corrected chi connectivity index (χ1v) is 11.2. The number of benzene rings is 2. The minimum absolute atomic E-state index is 0.193. The van der Waals surface area contributed by atoms with E-state index in [1.165, 1.54) is 23.4 Å². The number of ether oxygens (including phenoxy) is 1. The van der Waals surface area contributed by atoms with Crippen LogP contribution in [0.2, 0.25) is 0 Å². The minimum Gasteiger partial charge on any atom is -0.481 e. The predicted octanol–water partition coefficient (Wildman–Crippen LogP) is 5.12. The highest BCUT2D eigenvalue weighted by Gasteiger charge is 2.40. The van der Waals surface area contributed by atoms with Crippen molar-refractivity contribution in [2.24, 2.45) is 5.92 Å². The molecule has 2 aliphatic rings. The van der Waals surface area contributed by atoms with Gasteiger partial charge in [0, 0.05) is 41.3 Å². The van der Waals surface area contributed by atoms with Gasteiger partial charge in [0.25, 0.3) is 0 Å². The largest absolute Gasteiger partial charge is 0.481 e. The first kappa shape index (κ1) is 19.5.